The first-order valence-corrected chi connectivity index (χ1v) is 6.30. The number of alkyl halides is 2. The molecule has 0 saturated heterocycles. The number of furan rings is 1. The maximum absolute atomic E-state index is 13.0. The minimum absolute atomic E-state index is 0.234. The molecule has 0 aliphatic carbocycles. The van der Waals surface area contributed by atoms with Crippen LogP contribution in [0.25, 0.3) is 11.5 Å². The van der Waals surface area contributed by atoms with E-state index in [0.717, 1.165) is 0 Å². The van der Waals surface area contributed by atoms with Gasteiger partial charge >= 0.3 is 0 Å². The number of nitrogens with zero attached hydrogens (tertiary/aromatic N) is 1. The predicted molar refractivity (Wildman–Crippen MR) is 73.0 cm³/mol. The molecule has 0 aromatic carbocycles. The van der Waals surface area contributed by atoms with Crippen LogP contribution in [0.3, 0.4) is 0 Å². The van der Waals surface area contributed by atoms with Gasteiger partial charge in [-0.2, -0.15) is 0 Å². The molecule has 0 radical (unpaired) electrons. The summed E-state index contributed by atoms with van der Waals surface area (Å²) < 4.78 is 31.2. The van der Waals surface area contributed by atoms with Crippen molar-refractivity contribution < 1.29 is 18.0 Å². The van der Waals surface area contributed by atoms with Crippen LogP contribution in [0.1, 0.15) is 16.1 Å². The van der Waals surface area contributed by atoms with E-state index in [1.165, 1.54) is 12.3 Å². The third-order valence-electron chi connectivity index (χ3n) is 2.91. The molecule has 0 fully saturated rings. The molecule has 21 heavy (non-hydrogen) atoms. The number of pyridine rings is 1. The van der Waals surface area contributed by atoms with Crippen molar-refractivity contribution in [3.8, 4) is 11.5 Å². The van der Waals surface area contributed by atoms with Crippen LogP contribution in [0.5, 0.6) is 0 Å². The summed E-state index contributed by atoms with van der Waals surface area (Å²) in [4.78, 5) is 16.1. The zero-order valence-electron chi connectivity index (χ0n) is 11.4. The van der Waals surface area contributed by atoms with Crippen LogP contribution >= 0.6 is 0 Å². The quantitative estimate of drug-likeness (QED) is 0.883. The molecule has 1 amide bonds. The van der Waals surface area contributed by atoms with Gasteiger partial charge in [0.25, 0.3) is 11.8 Å². The number of carbonyl (C=O) groups is 1. The maximum atomic E-state index is 13.0. The Kier molecular flexibility index (Phi) is 4.32. The second-order valence-corrected chi connectivity index (χ2v) is 4.55. The Hall–Kier alpha value is -2.28. The average Bonchev–Trinajstić information content (AvgIpc) is 2.99. The lowest BCUT2D eigenvalue weighted by Crippen LogP contribution is -2.41. The Morgan fingerprint density at radius 1 is 1.43 bits per heavy atom. The summed E-state index contributed by atoms with van der Waals surface area (Å²) in [6.07, 6.45) is 1.52. The molecular weight excluding hydrogens is 280 g/mol. The van der Waals surface area contributed by atoms with Crippen LogP contribution in [-0.2, 0) is 0 Å². The van der Waals surface area contributed by atoms with E-state index >= 15 is 0 Å². The molecule has 0 atom stereocenters. The highest BCUT2D eigenvalue weighted by atomic mass is 19.3. The molecule has 0 unspecified atom stereocenters. The van der Waals surface area contributed by atoms with Gasteiger partial charge in [0.15, 0.2) is 5.76 Å². The van der Waals surface area contributed by atoms with Crippen LogP contribution in [0, 0.1) is 6.92 Å². The van der Waals surface area contributed by atoms with Crippen LogP contribution < -0.4 is 11.1 Å². The molecule has 2 aromatic heterocycles. The molecule has 3 N–H and O–H groups in total. The second-order valence-electron chi connectivity index (χ2n) is 4.55. The summed E-state index contributed by atoms with van der Waals surface area (Å²) in [7, 11) is 0. The SMILES string of the molecule is Cc1nc(-c2ccco2)ccc1C(=O)NCC(F)(F)CN. The van der Waals surface area contributed by atoms with E-state index in [1.54, 1.807) is 25.1 Å². The van der Waals surface area contributed by atoms with E-state index in [0.29, 0.717) is 17.1 Å². The highest BCUT2D eigenvalue weighted by Crippen LogP contribution is 2.19. The fraction of sp³-hybridized carbons (Fsp3) is 0.286. The molecule has 2 heterocycles. The maximum Gasteiger partial charge on any atom is 0.277 e. The first-order chi connectivity index (χ1) is 9.93. The van der Waals surface area contributed by atoms with Crippen LogP contribution in [0.2, 0.25) is 0 Å². The summed E-state index contributed by atoms with van der Waals surface area (Å²) in [5.74, 6) is -3.16. The van der Waals surface area contributed by atoms with Crippen molar-refractivity contribution in [1.82, 2.24) is 10.3 Å². The number of rotatable bonds is 5. The molecule has 2 rings (SSSR count). The Bertz CT molecular complexity index is 627. The molecule has 0 saturated carbocycles. The molecule has 0 spiro atoms. The standard InChI is InChI=1S/C14H15F2N3O2/c1-9-10(13(20)18-8-14(15,16)7-17)4-5-11(19-9)12-3-2-6-21-12/h2-6H,7-8,17H2,1H3,(H,18,20). The Labute approximate surface area is 120 Å². The molecule has 0 aliphatic heterocycles. The smallest absolute Gasteiger partial charge is 0.277 e. The van der Waals surface area contributed by atoms with Gasteiger partial charge in [-0.25, -0.2) is 13.8 Å². The molecular formula is C14H15F2N3O2. The summed E-state index contributed by atoms with van der Waals surface area (Å²) in [5.41, 5.74) is 6.14. The Balaban J connectivity index is 2.12. The van der Waals surface area contributed by atoms with Gasteiger partial charge in [0, 0.05) is 0 Å². The first-order valence-electron chi connectivity index (χ1n) is 6.30. The predicted octanol–water partition coefficient (Wildman–Crippen LogP) is 1.97. The van der Waals surface area contributed by atoms with E-state index in [-0.39, 0.29) is 5.56 Å². The van der Waals surface area contributed by atoms with Crippen LogP contribution in [0.4, 0.5) is 8.78 Å². The average molecular weight is 295 g/mol. The Morgan fingerprint density at radius 2 is 2.19 bits per heavy atom. The summed E-state index contributed by atoms with van der Waals surface area (Å²) in [6, 6.07) is 6.59. The van der Waals surface area contributed by atoms with Gasteiger partial charge in [0.2, 0.25) is 0 Å². The molecule has 0 aliphatic rings. The highest BCUT2D eigenvalue weighted by Gasteiger charge is 2.27. The van der Waals surface area contributed by atoms with Crippen LogP contribution in [-0.4, -0.2) is 29.9 Å². The number of hydrogen-bond acceptors (Lipinski definition) is 4. The topological polar surface area (TPSA) is 81.2 Å². The molecule has 112 valence electrons. The number of amides is 1. The van der Waals surface area contributed by atoms with Gasteiger partial charge in [0.1, 0.15) is 5.69 Å². The zero-order valence-corrected chi connectivity index (χ0v) is 11.4. The third-order valence-corrected chi connectivity index (χ3v) is 2.91. The van der Waals surface area contributed by atoms with E-state index in [1.807, 2.05) is 0 Å². The lowest BCUT2D eigenvalue weighted by Gasteiger charge is -2.15. The third kappa shape index (κ3) is 3.63. The lowest BCUT2D eigenvalue weighted by molar-refractivity contribution is 0.0118. The van der Waals surface area contributed by atoms with E-state index < -0.39 is 24.9 Å². The number of halogens is 2. The second kappa shape index (κ2) is 6.01. The van der Waals surface area contributed by atoms with Crippen molar-refractivity contribution in [3.63, 3.8) is 0 Å². The number of nitrogens with one attached hydrogen (secondary N) is 1. The van der Waals surface area contributed by atoms with E-state index in [2.05, 4.69) is 10.3 Å². The summed E-state index contributed by atoms with van der Waals surface area (Å²) in [5, 5.41) is 2.15. The van der Waals surface area contributed by atoms with Crippen LogP contribution in [0.15, 0.2) is 34.9 Å². The van der Waals surface area contributed by atoms with E-state index in [9.17, 15) is 13.6 Å². The monoisotopic (exact) mass is 295 g/mol. The first kappa shape index (κ1) is 15.1. The molecule has 7 heteroatoms. The molecule has 2 aromatic rings. The van der Waals surface area contributed by atoms with Crippen molar-refractivity contribution in [2.75, 3.05) is 13.1 Å². The van der Waals surface area contributed by atoms with Crippen molar-refractivity contribution in [2.24, 2.45) is 5.73 Å². The van der Waals surface area contributed by atoms with Crippen molar-refractivity contribution in [1.29, 1.82) is 0 Å². The van der Waals surface area contributed by atoms with Gasteiger partial charge in [-0.15, -0.1) is 0 Å². The fourth-order valence-corrected chi connectivity index (χ4v) is 1.74. The highest BCUT2D eigenvalue weighted by molar-refractivity contribution is 5.95. The minimum Gasteiger partial charge on any atom is -0.463 e. The normalized spacial score (nSPS) is 11.4. The van der Waals surface area contributed by atoms with Crippen molar-refractivity contribution in [2.45, 2.75) is 12.8 Å². The van der Waals surface area contributed by atoms with E-state index in [4.69, 9.17) is 10.2 Å². The van der Waals surface area contributed by atoms with Gasteiger partial charge in [-0.3, -0.25) is 4.79 Å². The lowest BCUT2D eigenvalue weighted by atomic mass is 10.1. The number of aromatic nitrogens is 1. The van der Waals surface area contributed by atoms with Gasteiger partial charge < -0.3 is 15.5 Å². The molecule has 5 nitrogen and oxygen atoms in total. The minimum atomic E-state index is -3.12. The number of carbonyl (C=O) groups excluding carboxylic acids is 1. The van der Waals surface area contributed by atoms with Crippen molar-refractivity contribution >= 4 is 5.91 Å². The number of nitrogens with two attached hydrogens (primary N) is 1. The van der Waals surface area contributed by atoms with Crippen molar-refractivity contribution in [3.05, 3.63) is 41.8 Å². The summed E-state index contributed by atoms with van der Waals surface area (Å²) in [6.45, 7) is 0.00603. The van der Waals surface area contributed by atoms with Gasteiger partial charge in [-0.1, -0.05) is 0 Å². The number of aryl methyl sites for hydroxylation is 1. The van der Waals surface area contributed by atoms with Gasteiger partial charge in [0.05, 0.1) is 30.6 Å². The molecule has 0 bridgehead atoms. The Morgan fingerprint density at radius 3 is 2.76 bits per heavy atom. The largest absolute Gasteiger partial charge is 0.463 e. The number of hydrogen-bond donors (Lipinski definition) is 2. The fourth-order valence-electron chi connectivity index (χ4n) is 1.74. The summed E-state index contributed by atoms with van der Waals surface area (Å²) >= 11 is 0. The zero-order chi connectivity index (χ0) is 15.5. The van der Waals surface area contributed by atoms with Gasteiger partial charge in [-0.05, 0) is 31.2 Å².